The van der Waals surface area contributed by atoms with Crippen molar-refractivity contribution >= 4 is 11.9 Å². The van der Waals surface area contributed by atoms with E-state index in [1.807, 2.05) is 44.2 Å². The molecule has 2 rings (SSSR count). The van der Waals surface area contributed by atoms with E-state index in [1.54, 1.807) is 12.4 Å². The maximum Gasteiger partial charge on any atom is 0.0403 e. The van der Waals surface area contributed by atoms with Gasteiger partial charge >= 0.3 is 0 Å². The highest BCUT2D eigenvalue weighted by Gasteiger charge is 2.00. The summed E-state index contributed by atoms with van der Waals surface area (Å²) in [5, 5.41) is 7.22. The first-order chi connectivity index (χ1) is 8.31. The predicted octanol–water partition coefficient (Wildman–Crippen LogP) is 3.35. The van der Waals surface area contributed by atoms with E-state index in [0.29, 0.717) is 5.69 Å². The lowest BCUT2D eigenvalue weighted by molar-refractivity contribution is 1.33. The maximum absolute atomic E-state index is 7.22. The minimum absolute atomic E-state index is 0.623. The lowest BCUT2D eigenvalue weighted by atomic mass is 10.0. The van der Waals surface area contributed by atoms with Crippen LogP contribution in [0.2, 0.25) is 0 Å². The summed E-state index contributed by atoms with van der Waals surface area (Å²) in [4.78, 5) is 4.05. The van der Waals surface area contributed by atoms with Crippen LogP contribution >= 0.6 is 0 Å². The zero-order valence-electron chi connectivity index (χ0n) is 10.1. The molecule has 0 aliphatic carbocycles. The average Bonchev–Trinajstić information content (AvgIpc) is 2.42. The van der Waals surface area contributed by atoms with Crippen LogP contribution in [0.4, 0.5) is 5.69 Å². The van der Waals surface area contributed by atoms with Crippen molar-refractivity contribution < 1.29 is 0 Å². The van der Waals surface area contributed by atoms with Crippen LogP contribution in [0.15, 0.2) is 42.7 Å². The second-order valence-corrected chi connectivity index (χ2v) is 3.23. The summed E-state index contributed by atoms with van der Waals surface area (Å²) in [6.07, 6.45) is 4.78. The zero-order chi connectivity index (χ0) is 12.7. The second kappa shape index (κ2) is 6.43. The van der Waals surface area contributed by atoms with Gasteiger partial charge in [-0.3, -0.25) is 4.98 Å². The quantitative estimate of drug-likeness (QED) is 0.610. The van der Waals surface area contributed by atoms with Gasteiger partial charge in [0.15, 0.2) is 0 Å². The Bertz CT molecular complexity index is 478. The number of hydrogen-bond acceptors (Lipinski definition) is 3. The number of hydrogen-bond donors (Lipinski definition) is 2. The van der Waals surface area contributed by atoms with E-state index < -0.39 is 0 Å². The highest BCUT2D eigenvalue weighted by atomic mass is 14.6. The van der Waals surface area contributed by atoms with Gasteiger partial charge in [0.1, 0.15) is 0 Å². The first kappa shape index (κ1) is 12.9. The van der Waals surface area contributed by atoms with Crippen molar-refractivity contribution in [3.8, 4) is 11.1 Å². The van der Waals surface area contributed by atoms with Gasteiger partial charge in [-0.05, 0) is 23.8 Å². The third-order valence-corrected chi connectivity index (χ3v) is 2.24. The fourth-order valence-corrected chi connectivity index (χ4v) is 1.41. The number of nitrogens with two attached hydrogens (primary N) is 1. The molecule has 0 bridgehead atoms. The fraction of sp³-hybridized carbons (Fsp3) is 0.143. The van der Waals surface area contributed by atoms with Crippen molar-refractivity contribution in [1.82, 2.24) is 4.98 Å². The number of rotatable bonds is 2. The van der Waals surface area contributed by atoms with Crippen molar-refractivity contribution in [1.29, 1.82) is 5.41 Å². The molecule has 3 nitrogen and oxygen atoms in total. The zero-order valence-corrected chi connectivity index (χ0v) is 10.1. The van der Waals surface area contributed by atoms with Gasteiger partial charge in [0, 0.05) is 35.4 Å². The summed E-state index contributed by atoms with van der Waals surface area (Å²) in [7, 11) is 0. The van der Waals surface area contributed by atoms with Crippen molar-refractivity contribution in [2.24, 2.45) is 0 Å². The molecule has 3 heteroatoms. The van der Waals surface area contributed by atoms with Gasteiger partial charge in [0.05, 0.1) is 0 Å². The van der Waals surface area contributed by atoms with Crippen molar-refractivity contribution in [3.05, 3.63) is 48.3 Å². The summed E-state index contributed by atoms with van der Waals surface area (Å²) >= 11 is 0. The number of anilines is 1. The van der Waals surface area contributed by atoms with Gasteiger partial charge in [-0.15, -0.1) is 0 Å². The Labute approximate surface area is 102 Å². The van der Waals surface area contributed by atoms with E-state index in [1.165, 1.54) is 6.21 Å². The van der Waals surface area contributed by atoms with Gasteiger partial charge in [-0.25, -0.2) is 0 Å². The van der Waals surface area contributed by atoms with E-state index in [0.717, 1.165) is 16.7 Å². The third-order valence-electron chi connectivity index (χ3n) is 2.24. The van der Waals surface area contributed by atoms with Crippen molar-refractivity contribution in [3.63, 3.8) is 0 Å². The first-order valence-corrected chi connectivity index (χ1v) is 5.61. The molecule has 1 aromatic carbocycles. The Balaban J connectivity index is 0.000000686. The highest BCUT2D eigenvalue weighted by molar-refractivity contribution is 5.87. The lowest BCUT2D eigenvalue weighted by Gasteiger charge is -2.04. The normalized spacial score (nSPS) is 9.06. The Morgan fingerprint density at radius 3 is 2.53 bits per heavy atom. The molecule has 0 amide bonds. The molecule has 0 radical (unpaired) electrons. The molecule has 17 heavy (non-hydrogen) atoms. The van der Waals surface area contributed by atoms with E-state index in [4.69, 9.17) is 11.1 Å². The van der Waals surface area contributed by atoms with Gasteiger partial charge in [-0.2, -0.15) is 0 Å². The summed E-state index contributed by atoms with van der Waals surface area (Å²) in [5.74, 6) is 0. The Hall–Kier alpha value is -2.16. The van der Waals surface area contributed by atoms with Crippen molar-refractivity contribution in [2.45, 2.75) is 13.8 Å². The second-order valence-electron chi connectivity index (χ2n) is 3.23. The standard InChI is InChI=1S/C12H11N3.C2H6/c13-7-11-6-9(3-4-12(11)14)10-2-1-5-15-8-10;1-2/h1-8,13H,14H2;1-2H3. The summed E-state index contributed by atoms with van der Waals surface area (Å²) < 4.78 is 0. The molecule has 0 unspecified atom stereocenters. The molecule has 1 aromatic heterocycles. The summed E-state index contributed by atoms with van der Waals surface area (Å²) in [6, 6.07) is 9.49. The average molecular weight is 227 g/mol. The molecule has 3 N–H and O–H groups in total. The number of nitrogen functional groups attached to an aromatic ring is 1. The van der Waals surface area contributed by atoms with Crippen molar-refractivity contribution in [2.75, 3.05) is 5.73 Å². The van der Waals surface area contributed by atoms with Crippen LogP contribution in [0.25, 0.3) is 11.1 Å². The van der Waals surface area contributed by atoms with Crippen LogP contribution in [0.1, 0.15) is 19.4 Å². The molecule has 0 atom stereocenters. The van der Waals surface area contributed by atoms with Gasteiger partial charge in [0.2, 0.25) is 0 Å². The highest BCUT2D eigenvalue weighted by Crippen LogP contribution is 2.21. The Morgan fingerprint density at radius 1 is 1.18 bits per heavy atom. The molecule has 1 heterocycles. The number of aromatic nitrogens is 1. The molecule has 0 saturated heterocycles. The predicted molar refractivity (Wildman–Crippen MR) is 73.3 cm³/mol. The molecular formula is C14H17N3. The smallest absolute Gasteiger partial charge is 0.0403 e. The lowest BCUT2D eigenvalue weighted by Crippen LogP contribution is -1.93. The SMILES string of the molecule is CC.N=Cc1cc(-c2cccnc2)ccc1N. The third kappa shape index (κ3) is 3.14. The van der Waals surface area contributed by atoms with Crippen LogP contribution in [0.5, 0.6) is 0 Å². The summed E-state index contributed by atoms with van der Waals surface area (Å²) in [5.41, 5.74) is 9.12. The molecule has 0 spiro atoms. The van der Waals surface area contributed by atoms with Gasteiger partial charge < -0.3 is 11.1 Å². The molecular weight excluding hydrogens is 210 g/mol. The fourth-order valence-electron chi connectivity index (χ4n) is 1.41. The molecule has 0 fully saturated rings. The van der Waals surface area contributed by atoms with Crippen LogP contribution in [0, 0.1) is 5.41 Å². The van der Waals surface area contributed by atoms with Crippen LogP contribution in [-0.4, -0.2) is 11.2 Å². The largest absolute Gasteiger partial charge is 0.398 e. The molecule has 88 valence electrons. The number of nitrogens with one attached hydrogen (secondary N) is 1. The molecule has 0 aliphatic heterocycles. The Morgan fingerprint density at radius 2 is 1.94 bits per heavy atom. The Kier molecular flexibility index (Phi) is 4.88. The van der Waals surface area contributed by atoms with E-state index in [2.05, 4.69) is 4.98 Å². The first-order valence-electron chi connectivity index (χ1n) is 5.61. The monoisotopic (exact) mass is 227 g/mol. The van der Waals surface area contributed by atoms with Gasteiger partial charge in [-0.1, -0.05) is 26.0 Å². The molecule has 2 aromatic rings. The van der Waals surface area contributed by atoms with E-state index >= 15 is 0 Å². The molecule has 0 saturated carbocycles. The minimum Gasteiger partial charge on any atom is -0.398 e. The maximum atomic E-state index is 7.22. The number of benzene rings is 1. The number of nitrogens with zero attached hydrogens (tertiary/aromatic N) is 1. The van der Waals surface area contributed by atoms with Gasteiger partial charge in [0.25, 0.3) is 0 Å². The van der Waals surface area contributed by atoms with Crippen LogP contribution in [0.3, 0.4) is 0 Å². The number of pyridine rings is 1. The summed E-state index contributed by atoms with van der Waals surface area (Å²) in [6.45, 7) is 4.00. The molecule has 0 aliphatic rings. The topological polar surface area (TPSA) is 62.8 Å². The van der Waals surface area contributed by atoms with Crippen LogP contribution in [-0.2, 0) is 0 Å². The minimum atomic E-state index is 0.623. The van der Waals surface area contributed by atoms with E-state index in [-0.39, 0.29) is 0 Å². The van der Waals surface area contributed by atoms with Crippen LogP contribution < -0.4 is 5.73 Å². The van der Waals surface area contributed by atoms with E-state index in [9.17, 15) is 0 Å².